The number of hydrogen-bond donors (Lipinski definition) is 2. The van der Waals surface area contributed by atoms with Crippen molar-refractivity contribution in [1.29, 1.82) is 0 Å². The summed E-state index contributed by atoms with van der Waals surface area (Å²) in [6.45, 7) is 5.43. The molecule has 0 fully saturated rings. The Kier molecular flexibility index (Phi) is 4.09. The Bertz CT molecular complexity index is 370. The molecule has 1 aromatic rings. The van der Waals surface area contributed by atoms with E-state index in [4.69, 9.17) is 10.5 Å². The highest BCUT2D eigenvalue weighted by molar-refractivity contribution is 9.10. The minimum atomic E-state index is -0.684. The van der Waals surface area contributed by atoms with Crippen LogP contribution in [0.4, 0.5) is 0 Å². The minimum Gasteiger partial charge on any atom is -0.459 e. The Morgan fingerprint density at radius 1 is 1.69 bits per heavy atom. The summed E-state index contributed by atoms with van der Waals surface area (Å²) >= 11 is 3.26. The average Bonchev–Trinajstić information content (AvgIpc) is 2.49. The van der Waals surface area contributed by atoms with Crippen LogP contribution in [0.5, 0.6) is 0 Å². The van der Waals surface area contributed by atoms with Crippen LogP contribution in [0.2, 0.25) is 0 Å². The number of nitrogens with two attached hydrogens (primary N) is 1. The topological polar surface area (TPSA) is 81.0 Å². The number of carbonyl (C=O) groups excluding carboxylic acids is 1. The molecule has 1 heterocycles. The molecule has 5 nitrogen and oxygen atoms in total. The standard InChI is InChI=1S/C10H16BrN3O2/c1-10(2,3)16-9(15)6(12)4-7-8(11)14-5-13-7/h5-6H,4,12H2,1-3H3,(H,13,14). The van der Waals surface area contributed by atoms with E-state index in [0.717, 1.165) is 5.69 Å². The predicted octanol–water partition coefficient (Wildman–Crippen LogP) is 1.38. The number of nitrogens with one attached hydrogen (secondary N) is 1. The molecular formula is C10H16BrN3O2. The number of aromatic amines is 1. The molecule has 0 amide bonds. The van der Waals surface area contributed by atoms with Gasteiger partial charge in [0.15, 0.2) is 0 Å². The van der Waals surface area contributed by atoms with E-state index >= 15 is 0 Å². The minimum absolute atomic E-state index is 0.371. The van der Waals surface area contributed by atoms with Crippen molar-refractivity contribution in [2.45, 2.75) is 38.8 Å². The van der Waals surface area contributed by atoms with E-state index in [0.29, 0.717) is 11.0 Å². The van der Waals surface area contributed by atoms with Crippen molar-refractivity contribution < 1.29 is 9.53 Å². The zero-order valence-electron chi connectivity index (χ0n) is 9.58. The maximum Gasteiger partial charge on any atom is 0.323 e. The molecule has 0 aliphatic rings. The second kappa shape index (κ2) is 4.97. The molecule has 0 aromatic carbocycles. The maximum atomic E-state index is 11.6. The Hall–Kier alpha value is -0.880. The Labute approximate surface area is 103 Å². The summed E-state index contributed by atoms with van der Waals surface area (Å²) in [5.74, 6) is -0.408. The van der Waals surface area contributed by atoms with E-state index in [9.17, 15) is 4.79 Å². The van der Waals surface area contributed by atoms with Gasteiger partial charge in [-0.05, 0) is 36.7 Å². The van der Waals surface area contributed by atoms with Gasteiger partial charge >= 0.3 is 5.97 Å². The van der Waals surface area contributed by atoms with Crippen molar-refractivity contribution in [2.75, 3.05) is 0 Å². The molecule has 1 aromatic heterocycles. The van der Waals surface area contributed by atoms with Gasteiger partial charge in [-0.1, -0.05) is 0 Å². The smallest absolute Gasteiger partial charge is 0.323 e. The monoisotopic (exact) mass is 289 g/mol. The zero-order chi connectivity index (χ0) is 12.3. The Morgan fingerprint density at radius 2 is 2.31 bits per heavy atom. The summed E-state index contributed by atoms with van der Waals surface area (Å²) in [6.07, 6.45) is 1.91. The highest BCUT2D eigenvalue weighted by Gasteiger charge is 2.23. The molecule has 0 aliphatic carbocycles. The van der Waals surface area contributed by atoms with Gasteiger partial charge in [-0.3, -0.25) is 4.79 Å². The number of H-pyrrole nitrogens is 1. The summed E-state index contributed by atoms with van der Waals surface area (Å²) in [5, 5.41) is 0. The van der Waals surface area contributed by atoms with Gasteiger partial charge in [-0.25, -0.2) is 4.98 Å². The van der Waals surface area contributed by atoms with Gasteiger partial charge in [0.1, 0.15) is 16.2 Å². The van der Waals surface area contributed by atoms with Crippen LogP contribution in [-0.4, -0.2) is 27.6 Å². The van der Waals surface area contributed by atoms with Crippen LogP contribution in [0.15, 0.2) is 10.9 Å². The lowest BCUT2D eigenvalue weighted by Gasteiger charge is -2.21. The van der Waals surface area contributed by atoms with Gasteiger partial charge < -0.3 is 15.5 Å². The first-order valence-corrected chi connectivity index (χ1v) is 5.75. The van der Waals surface area contributed by atoms with Crippen LogP contribution in [0, 0.1) is 0 Å². The Morgan fingerprint density at radius 3 is 2.75 bits per heavy atom. The number of esters is 1. The van der Waals surface area contributed by atoms with Gasteiger partial charge in [-0.15, -0.1) is 0 Å². The van der Waals surface area contributed by atoms with Gasteiger partial charge in [0, 0.05) is 6.42 Å². The fourth-order valence-corrected chi connectivity index (χ4v) is 1.51. The first-order chi connectivity index (χ1) is 7.29. The van der Waals surface area contributed by atoms with Gasteiger partial charge in [0.25, 0.3) is 0 Å². The molecule has 0 spiro atoms. The zero-order valence-corrected chi connectivity index (χ0v) is 11.2. The molecule has 90 valence electrons. The Balaban J connectivity index is 2.56. The van der Waals surface area contributed by atoms with Crippen LogP contribution in [0.25, 0.3) is 0 Å². The van der Waals surface area contributed by atoms with Crippen molar-refractivity contribution in [3.8, 4) is 0 Å². The highest BCUT2D eigenvalue weighted by Crippen LogP contribution is 2.14. The normalized spacial score (nSPS) is 13.6. The molecule has 3 N–H and O–H groups in total. The maximum absolute atomic E-state index is 11.6. The summed E-state index contributed by atoms with van der Waals surface area (Å²) in [5.41, 5.74) is 6.02. The van der Waals surface area contributed by atoms with Crippen molar-refractivity contribution >= 4 is 21.9 Å². The van der Waals surface area contributed by atoms with E-state index in [2.05, 4.69) is 25.9 Å². The van der Waals surface area contributed by atoms with E-state index in [1.807, 2.05) is 20.8 Å². The van der Waals surface area contributed by atoms with Gasteiger partial charge in [0.05, 0.1) is 12.0 Å². The number of rotatable bonds is 3. The first-order valence-electron chi connectivity index (χ1n) is 4.96. The summed E-state index contributed by atoms with van der Waals surface area (Å²) in [4.78, 5) is 18.5. The van der Waals surface area contributed by atoms with Crippen LogP contribution in [0.1, 0.15) is 26.5 Å². The van der Waals surface area contributed by atoms with Gasteiger partial charge in [0.2, 0.25) is 0 Å². The number of ether oxygens (including phenoxy) is 1. The second-order valence-electron chi connectivity index (χ2n) is 4.52. The van der Waals surface area contributed by atoms with E-state index < -0.39 is 17.6 Å². The lowest BCUT2D eigenvalue weighted by Crippen LogP contribution is -2.38. The summed E-state index contributed by atoms with van der Waals surface area (Å²) in [6, 6.07) is -0.684. The molecule has 1 atom stereocenters. The summed E-state index contributed by atoms with van der Waals surface area (Å²) < 4.78 is 5.85. The van der Waals surface area contributed by atoms with E-state index in [-0.39, 0.29) is 0 Å². The van der Waals surface area contributed by atoms with Crippen LogP contribution in [-0.2, 0) is 16.0 Å². The fraction of sp³-hybridized carbons (Fsp3) is 0.600. The number of aromatic nitrogens is 2. The number of carbonyl (C=O) groups is 1. The molecule has 1 unspecified atom stereocenters. The molecular weight excluding hydrogens is 274 g/mol. The molecule has 16 heavy (non-hydrogen) atoms. The van der Waals surface area contributed by atoms with E-state index in [1.54, 1.807) is 6.33 Å². The third kappa shape index (κ3) is 3.94. The van der Waals surface area contributed by atoms with Crippen molar-refractivity contribution in [1.82, 2.24) is 9.97 Å². The number of nitrogens with zero attached hydrogens (tertiary/aromatic N) is 1. The van der Waals surface area contributed by atoms with Crippen LogP contribution >= 0.6 is 15.9 Å². The first kappa shape index (κ1) is 13.2. The molecule has 0 saturated heterocycles. The summed E-state index contributed by atoms with van der Waals surface area (Å²) in [7, 11) is 0. The van der Waals surface area contributed by atoms with Crippen molar-refractivity contribution in [2.24, 2.45) is 5.73 Å². The largest absolute Gasteiger partial charge is 0.459 e. The molecule has 0 radical (unpaired) electrons. The van der Waals surface area contributed by atoms with Crippen molar-refractivity contribution in [3.63, 3.8) is 0 Å². The van der Waals surface area contributed by atoms with Crippen LogP contribution in [0.3, 0.4) is 0 Å². The predicted molar refractivity (Wildman–Crippen MR) is 63.8 cm³/mol. The number of halogens is 1. The third-order valence-electron chi connectivity index (χ3n) is 1.80. The average molecular weight is 290 g/mol. The fourth-order valence-electron chi connectivity index (χ4n) is 1.13. The van der Waals surface area contributed by atoms with E-state index in [1.165, 1.54) is 0 Å². The second-order valence-corrected chi connectivity index (χ2v) is 5.27. The lowest BCUT2D eigenvalue weighted by molar-refractivity contribution is -0.156. The number of hydrogen-bond acceptors (Lipinski definition) is 4. The molecule has 1 rings (SSSR count). The number of imidazole rings is 1. The SMILES string of the molecule is CC(C)(C)OC(=O)C(N)Cc1[nH]cnc1Br. The van der Waals surface area contributed by atoms with Crippen molar-refractivity contribution in [3.05, 3.63) is 16.6 Å². The molecule has 0 bridgehead atoms. The molecule has 6 heteroatoms. The van der Waals surface area contributed by atoms with Gasteiger partial charge in [-0.2, -0.15) is 0 Å². The van der Waals surface area contributed by atoms with Crippen LogP contribution < -0.4 is 5.73 Å². The molecule has 0 saturated carbocycles. The third-order valence-corrected chi connectivity index (χ3v) is 2.48. The molecule has 0 aliphatic heterocycles. The lowest BCUT2D eigenvalue weighted by atomic mass is 10.1. The highest BCUT2D eigenvalue weighted by atomic mass is 79.9. The quantitative estimate of drug-likeness (QED) is 0.824.